The maximum Gasteiger partial charge on any atom is 0.242 e. The summed E-state index contributed by atoms with van der Waals surface area (Å²) in [4.78, 5) is 27.2. The zero-order valence-corrected chi connectivity index (χ0v) is 19.0. The lowest BCUT2D eigenvalue weighted by atomic mass is 10.1. The average Bonchev–Trinajstić information content (AvgIpc) is 2.76. The molecule has 0 unspecified atom stereocenters. The van der Waals surface area contributed by atoms with Crippen molar-refractivity contribution in [1.82, 2.24) is 10.2 Å². The Kier molecular flexibility index (Phi) is 9.79. The van der Waals surface area contributed by atoms with Crippen LogP contribution in [0.4, 0.5) is 4.39 Å². The first-order valence-electron chi connectivity index (χ1n) is 10.5. The lowest BCUT2D eigenvalue weighted by molar-refractivity contribution is -0.141. The molecule has 0 aromatic heterocycles. The van der Waals surface area contributed by atoms with E-state index in [9.17, 15) is 14.0 Å². The monoisotopic (exact) mass is 448 g/mol. The Hall–Kier alpha value is -2.60. The summed E-state index contributed by atoms with van der Waals surface area (Å²) in [5.41, 5.74) is 0.760. The molecule has 0 spiro atoms. The molecule has 2 atom stereocenters. The molecule has 2 aromatic rings. The lowest BCUT2D eigenvalue weighted by Crippen LogP contribution is -2.49. The van der Waals surface area contributed by atoms with Gasteiger partial charge in [-0.15, -0.1) is 0 Å². The third-order valence-corrected chi connectivity index (χ3v) is 5.30. The van der Waals surface area contributed by atoms with Crippen molar-refractivity contribution < 1.29 is 18.7 Å². The highest BCUT2D eigenvalue weighted by Gasteiger charge is 2.26. The normalized spacial score (nSPS) is 12.7. The molecule has 2 aromatic carbocycles. The van der Waals surface area contributed by atoms with Crippen LogP contribution in [0.2, 0.25) is 5.02 Å². The van der Waals surface area contributed by atoms with Gasteiger partial charge < -0.3 is 15.0 Å². The molecule has 0 aliphatic heterocycles. The standard InChI is InChI=1S/C24H30ClFN2O3/c1-4-17(2)27-24(30)18(3)28(16-19-7-11-21(26)12-8-19)23(29)6-5-15-31-22-13-9-20(25)10-14-22/h7-14,17-18H,4-6,15-16H2,1-3H3,(H,27,30)/t17-,18-/m0/s1. The van der Waals surface area contributed by atoms with E-state index in [1.54, 1.807) is 43.3 Å². The minimum absolute atomic E-state index is 0.0190. The Morgan fingerprint density at radius 2 is 1.74 bits per heavy atom. The van der Waals surface area contributed by atoms with Gasteiger partial charge in [-0.25, -0.2) is 4.39 Å². The predicted molar refractivity (Wildman–Crippen MR) is 120 cm³/mol. The van der Waals surface area contributed by atoms with Gasteiger partial charge in [-0.05, 0) is 68.7 Å². The van der Waals surface area contributed by atoms with E-state index in [4.69, 9.17) is 16.3 Å². The smallest absolute Gasteiger partial charge is 0.242 e. The van der Waals surface area contributed by atoms with Gasteiger partial charge in [0, 0.05) is 24.0 Å². The maximum absolute atomic E-state index is 13.3. The molecule has 2 rings (SSSR count). The molecular formula is C24H30ClFN2O3. The van der Waals surface area contributed by atoms with Gasteiger partial charge in [0.2, 0.25) is 11.8 Å². The molecule has 0 saturated carbocycles. The first-order valence-corrected chi connectivity index (χ1v) is 10.9. The second kappa shape index (κ2) is 12.3. The van der Waals surface area contributed by atoms with Gasteiger partial charge in [0.25, 0.3) is 0 Å². The fourth-order valence-electron chi connectivity index (χ4n) is 2.92. The molecule has 0 bridgehead atoms. The van der Waals surface area contributed by atoms with Crippen molar-refractivity contribution in [2.45, 2.75) is 58.7 Å². The van der Waals surface area contributed by atoms with Crippen molar-refractivity contribution in [1.29, 1.82) is 0 Å². The summed E-state index contributed by atoms with van der Waals surface area (Å²) in [7, 11) is 0. The molecule has 0 aliphatic carbocycles. The first kappa shape index (κ1) is 24.7. The van der Waals surface area contributed by atoms with Crippen molar-refractivity contribution in [3.63, 3.8) is 0 Å². The van der Waals surface area contributed by atoms with Crippen LogP contribution < -0.4 is 10.1 Å². The van der Waals surface area contributed by atoms with E-state index in [0.717, 1.165) is 12.0 Å². The van der Waals surface area contributed by atoms with Gasteiger partial charge in [0.1, 0.15) is 17.6 Å². The van der Waals surface area contributed by atoms with E-state index < -0.39 is 6.04 Å². The van der Waals surface area contributed by atoms with Crippen molar-refractivity contribution in [2.24, 2.45) is 0 Å². The third kappa shape index (κ3) is 8.21. The van der Waals surface area contributed by atoms with Crippen molar-refractivity contribution in [3.8, 4) is 5.75 Å². The van der Waals surface area contributed by atoms with Gasteiger partial charge in [-0.3, -0.25) is 9.59 Å². The van der Waals surface area contributed by atoms with Crippen LogP contribution in [0.3, 0.4) is 0 Å². The zero-order valence-electron chi connectivity index (χ0n) is 18.2. The summed E-state index contributed by atoms with van der Waals surface area (Å²) in [6.07, 6.45) is 1.53. The fraction of sp³-hybridized carbons (Fsp3) is 0.417. The fourth-order valence-corrected chi connectivity index (χ4v) is 3.05. The van der Waals surface area contributed by atoms with Gasteiger partial charge >= 0.3 is 0 Å². The number of hydrogen-bond donors (Lipinski definition) is 1. The number of halogens is 2. The first-order chi connectivity index (χ1) is 14.8. The summed E-state index contributed by atoms with van der Waals surface area (Å²) in [6.45, 7) is 6.21. The van der Waals surface area contributed by atoms with E-state index in [2.05, 4.69) is 5.32 Å². The molecule has 1 N–H and O–H groups in total. The second-order valence-electron chi connectivity index (χ2n) is 7.55. The Bertz CT molecular complexity index is 843. The molecular weight excluding hydrogens is 419 g/mol. The van der Waals surface area contributed by atoms with Crippen LogP contribution in [0.15, 0.2) is 48.5 Å². The molecule has 31 heavy (non-hydrogen) atoms. The van der Waals surface area contributed by atoms with Crippen LogP contribution >= 0.6 is 11.6 Å². The van der Waals surface area contributed by atoms with E-state index >= 15 is 0 Å². The number of ether oxygens (including phenoxy) is 1. The SMILES string of the molecule is CC[C@H](C)NC(=O)[C@H](C)N(Cc1ccc(F)cc1)C(=O)CCCOc1ccc(Cl)cc1. The number of nitrogens with zero attached hydrogens (tertiary/aromatic N) is 1. The summed E-state index contributed by atoms with van der Waals surface area (Å²) < 4.78 is 18.9. The Morgan fingerprint density at radius 1 is 1.10 bits per heavy atom. The molecule has 2 amide bonds. The highest BCUT2D eigenvalue weighted by molar-refractivity contribution is 6.30. The van der Waals surface area contributed by atoms with Gasteiger partial charge in [0.15, 0.2) is 0 Å². The number of benzene rings is 2. The third-order valence-electron chi connectivity index (χ3n) is 5.05. The van der Waals surface area contributed by atoms with E-state index in [0.29, 0.717) is 23.8 Å². The van der Waals surface area contributed by atoms with E-state index in [-0.39, 0.29) is 36.6 Å². The Morgan fingerprint density at radius 3 is 2.35 bits per heavy atom. The summed E-state index contributed by atoms with van der Waals surface area (Å²) in [5, 5.41) is 3.55. The minimum atomic E-state index is -0.649. The highest BCUT2D eigenvalue weighted by atomic mass is 35.5. The highest BCUT2D eigenvalue weighted by Crippen LogP contribution is 2.17. The van der Waals surface area contributed by atoms with Crippen molar-refractivity contribution in [2.75, 3.05) is 6.61 Å². The molecule has 0 heterocycles. The lowest BCUT2D eigenvalue weighted by Gasteiger charge is -2.29. The van der Waals surface area contributed by atoms with E-state index in [1.807, 2.05) is 13.8 Å². The second-order valence-corrected chi connectivity index (χ2v) is 7.98. The molecule has 7 heteroatoms. The Labute approximate surface area is 188 Å². The maximum atomic E-state index is 13.3. The molecule has 0 fully saturated rings. The largest absolute Gasteiger partial charge is 0.494 e. The number of hydrogen-bond acceptors (Lipinski definition) is 3. The van der Waals surface area contributed by atoms with Crippen LogP contribution in [0, 0.1) is 5.82 Å². The summed E-state index contributed by atoms with van der Waals surface area (Å²) >= 11 is 5.86. The molecule has 5 nitrogen and oxygen atoms in total. The van der Waals surface area contributed by atoms with Crippen LogP contribution in [0.25, 0.3) is 0 Å². The topological polar surface area (TPSA) is 58.6 Å². The molecule has 0 saturated heterocycles. The quantitative estimate of drug-likeness (QED) is 0.494. The van der Waals surface area contributed by atoms with Crippen LogP contribution in [-0.4, -0.2) is 35.4 Å². The zero-order chi connectivity index (χ0) is 22.8. The van der Waals surface area contributed by atoms with Crippen LogP contribution in [0.1, 0.15) is 45.6 Å². The molecule has 0 radical (unpaired) electrons. The van der Waals surface area contributed by atoms with Crippen molar-refractivity contribution in [3.05, 3.63) is 64.9 Å². The van der Waals surface area contributed by atoms with Crippen LogP contribution in [0.5, 0.6) is 5.75 Å². The van der Waals surface area contributed by atoms with E-state index in [1.165, 1.54) is 17.0 Å². The predicted octanol–water partition coefficient (Wildman–Crippen LogP) is 4.97. The number of nitrogens with one attached hydrogen (secondary N) is 1. The molecule has 0 aliphatic rings. The van der Waals surface area contributed by atoms with Gasteiger partial charge in [-0.1, -0.05) is 30.7 Å². The number of carbonyl (C=O) groups is 2. The summed E-state index contributed by atoms with van der Waals surface area (Å²) in [6, 6.07) is 12.3. The van der Waals surface area contributed by atoms with Gasteiger partial charge in [-0.2, -0.15) is 0 Å². The van der Waals surface area contributed by atoms with Crippen LogP contribution in [-0.2, 0) is 16.1 Å². The Balaban J connectivity index is 1.99. The van der Waals surface area contributed by atoms with Crippen molar-refractivity contribution >= 4 is 23.4 Å². The number of amides is 2. The number of carbonyl (C=O) groups excluding carboxylic acids is 2. The summed E-state index contributed by atoms with van der Waals surface area (Å²) in [5.74, 6) is -0.0251. The average molecular weight is 449 g/mol. The number of rotatable bonds is 11. The minimum Gasteiger partial charge on any atom is -0.494 e. The van der Waals surface area contributed by atoms with Gasteiger partial charge in [0.05, 0.1) is 6.61 Å². The molecule has 168 valence electrons.